The summed E-state index contributed by atoms with van der Waals surface area (Å²) in [6, 6.07) is 16.0. The van der Waals surface area contributed by atoms with Crippen LogP contribution in [0.3, 0.4) is 0 Å². The van der Waals surface area contributed by atoms with Crippen molar-refractivity contribution in [2.24, 2.45) is 0 Å². The number of H-pyrrole nitrogens is 1. The monoisotopic (exact) mass is 347 g/mol. The average molecular weight is 347 g/mol. The normalized spacial score (nSPS) is 12.6. The van der Waals surface area contributed by atoms with Gasteiger partial charge in [0.2, 0.25) is 0 Å². The van der Waals surface area contributed by atoms with Gasteiger partial charge in [0.1, 0.15) is 12.4 Å². The first-order chi connectivity index (χ1) is 12.8. The van der Waals surface area contributed by atoms with E-state index < -0.39 is 0 Å². The van der Waals surface area contributed by atoms with Gasteiger partial charge in [-0.3, -0.25) is 9.89 Å². The SMILES string of the molecule is O=C(NCCOc1ccc2c(c1)CCC2)c1cn[nH]c1-c1ccccc1. The number of nitrogens with one attached hydrogen (secondary N) is 2. The van der Waals surface area contributed by atoms with Crippen LogP contribution in [0, 0.1) is 0 Å². The number of aryl methyl sites for hydroxylation is 2. The fourth-order valence-corrected chi connectivity index (χ4v) is 3.35. The lowest BCUT2D eigenvalue weighted by Crippen LogP contribution is -2.28. The number of nitrogens with zero attached hydrogens (tertiary/aromatic N) is 1. The minimum atomic E-state index is -0.157. The Labute approximate surface area is 152 Å². The van der Waals surface area contributed by atoms with Crippen molar-refractivity contribution >= 4 is 5.91 Å². The van der Waals surface area contributed by atoms with Crippen molar-refractivity contribution in [2.45, 2.75) is 19.3 Å². The van der Waals surface area contributed by atoms with Crippen LogP contribution in [0.1, 0.15) is 27.9 Å². The zero-order valence-corrected chi connectivity index (χ0v) is 14.5. The molecule has 1 aliphatic carbocycles. The maximum Gasteiger partial charge on any atom is 0.255 e. The van der Waals surface area contributed by atoms with Crippen LogP contribution in [0.25, 0.3) is 11.3 Å². The second-order valence-corrected chi connectivity index (χ2v) is 6.41. The predicted molar refractivity (Wildman–Crippen MR) is 100 cm³/mol. The van der Waals surface area contributed by atoms with E-state index in [9.17, 15) is 4.79 Å². The molecule has 2 N–H and O–H groups in total. The molecule has 1 amide bonds. The van der Waals surface area contributed by atoms with Crippen molar-refractivity contribution in [2.75, 3.05) is 13.2 Å². The molecule has 0 aliphatic heterocycles. The Morgan fingerprint density at radius 1 is 1.12 bits per heavy atom. The summed E-state index contributed by atoms with van der Waals surface area (Å²) in [5, 5.41) is 9.81. The van der Waals surface area contributed by atoms with Crippen LogP contribution in [-0.2, 0) is 12.8 Å². The van der Waals surface area contributed by atoms with Gasteiger partial charge in [-0.1, -0.05) is 36.4 Å². The molecule has 0 unspecified atom stereocenters. The van der Waals surface area contributed by atoms with E-state index in [0.717, 1.165) is 23.4 Å². The highest BCUT2D eigenvalue weighted by Gasteiger charge is 2.15. The average Bonchev–Trinajstić information content (AvgIpc) is 3.34. The van der Waals surface area contributed by atoms with Gasteiger partial charge in [0, 0.05) is 5.56 Å². The van der Waals surface area contributed by atoms with Gasteiger partial charge in [-0.05, 0) is 42.5 Å². The second-order valence-electron chi connectivity index (χ2n) is 6.41. The van der Waals surface area contributed by atoms with Crippen LogP contribution in [0.2, 0.25) is 0 Å². The summed E-state index contributed by atoms with van der Waals surface area (Å²) in [7, 11) is 0. The maximum atomic E-state index is 12.4. The first-order valence-corrected chi connectivity index (χ1v) is 8.93. The van der Waals surface area contributed by atoms with E-state index in [0.29, 0.717) is 18.7 Å². The Hall–Kier alpha value is -3.08. The van der Waals surface area contributed by atoms with Crippen LogP contribution in [0.5, 0.6) is 5.75 Å². The summed E-state index contributed by atoms with van der Waals surface area (Å²) in [5.74, 6) is 0.711. The number of fused-ring (bicyclic) bond motifs is 1. The number of aromatic amines is 1. The summed E-state index contributed by atoms with van der Waals surface area (Å²) in [6.07, 6.45) is 5.08. The Kier molecular flexibility index (Phi) is 4.69. The van der Waals surface area contributed by atoms with Gasteiger partial charge in [0.25, 0.3) is 5.91 Å². The van der Waals surface area contributed by atoms with E-state index in [2.05, 4.69) is 27.6 Å². The van der Waals surface area contributed by atoms with Crippen LogP contribution in [0.4, 0.5) is 0 Å². The highest BCUT2D eigenvalue weighted by Crippen LogP contribution is 2.26. The van der Waals surface area contributed by atoms with E-state index in [1.54, 1.807) is 6.20 Å². The lowest BCUT2D eigenvalue weighted by molar-refractivity contribution is 0.0947. The Morgan fingerprint density at radius 3 is 2.85 bits per heavy atom. The number of carbonyl (C=O) groups is 1. The third-order valence-electron chi connectivity index (χ3n) is 4.67. The molecule has 0 saturated carbocycles. The number of benzene rings is 2. The molecule has 5 nitrogen and oxygen atoms in total. The largest absolute Gasteiger partial charge is 0.492 e. The summed E-state index contributed by atoms with van der Waals surface area (Å²) in [5.41, 5.74) is 5.01. The minimum Gasteiger partial charge on any atom is -0.492 e. The molecule has 132 valence electrons. The van der Waals surface area contributed by atoms with Gasteiger partial charge in [0.05, 0.1) is 24.0 Å². The molecule has 1 heterocycles. The van der Waals surface area contributed by atoms with E-state index in [1.165, 1.54) is 24.0 Å². The molecule has 1 aliphatic rings. The molecule has 26 heavy (non-hydrogen) atoms. The fourth-order valence-electron chi connectivity index (χ4n) is 3.35. The number of carbonyl (C=O) groups excluding carboxylic acids is 1. The zero-order valence-electron chi connectivity index (χ0n) is 14.5. The number of hydrogen-bond donors (Lipinski definition) is 2. The third kappa shape index (κ3) is 3.47. The summed E-state index contributed by atoms with van der Waals surface area (Å²) in [6.45, 7) is 0.873. The van der Waals surface area contributed by atoms with Gasteiger partial charge in [0.15, 0.2) is 0 Å². The zero-order chi connectivity index (χ0) is 17.8. The molecule has 0 radical (unpaired) electrons. The van der Waals surface area contributed by atoms with E-state index in [4.69, 9.17) is 4.74 Å². The topological polar surface area (TPSA) is 67.0 Å². The first-order valence-electron chi connectivity index (χ1n) is 8.93. The van der Waals surface area contributed by atoms with Crippen LogP contribution >= 0.6 is 0 Å². The standard InChI is InChI=1S/C21H21N3O2/c25-21(19-14-23-24-20(19)16-5-2-1-3-6-16)22-11-12-26-18-10-9-15-7-4-8-17(15)13-18/h1-3,5-6,9-10,13-14H,4,7-8,11-12H2,(H,22,25)(H,23,24). The van der Waals surface area contributed by atoms with Gasteiger partial charge in [-0.25, -0.2) is 0 Å². The number of ether oxygens (including phenoxy) is 1. The summed E-state index contributed by atoms with van der Waals surface area (Å²) in [4.78, 5) is 12.4. The van der Waals surface area contributed by atoms with Crippen molar-refractivity contribution in [3.05, 3.63) is 71.4 Å². The van der Waals surface area contributed by atoms with Crippen LogP contribution < -0.4 is 10.1 Å². The highest BCUT2D eigenvalue weighted by atomic mass is 16.5. The second kappa shape index (κ2) is 7.44. The molecular weight excluding hydrogens is 326 g/mol. The first kappa shape index (κ1) is 16.4. The minimum absolute atomic E-state index is 0.157. The van der Waals surface area contributed by atoms with Crippen molar-refractivity contribution < 1.29 is 9.53 Å². The van der Waals surface area contributed by atoms with Gasteiger partial charge >= 0.3 is 0 Å². The van der Waals surface area contributed by atoms with Gasteiger partial charge in [-0.15, -0.1) is 0 Å². The van der Waals surface area contributed by atoms with Crippen molar-refractivity contribution in [3.8, 4) is 17.0 Å². The molecular formula is C21H21N3O2. The van der Waals surface area contributed by atoms with E-state index in [-0.39, 0.29) is 5.91 Å². The van der Waals surface area contributed by atoms with Crippen molar-refractivity contribution in [1.82, 2.24) is 15.5 Å². The quantitative estimate of drug-likeness (QED) is 0.672. The van der Waals surface area contributed by atoms with E-state index in [1.807, 2.05) is 36.4 Å². The fraction of sp³-hybridized carbons (Fsp3) is 0.238. The van der Waals surface area contributed by atoms with Gasteiger partial charge in [-0.2, -0.15) is 5.10 Å². The lowest BCUT2D eigenvalue weighted by atomic mass is 10.1. The number of aromatic nitrogens is 2. The van der Waals surface area contributed by atoms with Crippen LogP contribution in [0.15, 0.2) is 54.7 Å². The molecule has 0 spiro atoms. The molecule has 2 aromatic carbocycles. The number of rotatable bonds is 6. The lowest BCUT2D eigenvalue weighted by Gasteiger charge is -2.09. The molecule has 4 rings (SSSR count). The molecule has 5 heteroatoms. The smallest absolute Gasteiger partial charge is 0.255 e. The Balaban J connectivity index is 1.32. The van der Waals surface area contributed by atoms with Crippen molar-refractivity contribution in [3.63, 3.8) is 0 Å². The van der Waals surface area contributed by atoms with Gasteiger partial charge < -0.3 is 10.1 Å². The highest BCUT2D eigenvalue weighted by molar-refractivity contribution is 5.99. The molecule has 1 aromatic heterocycles. The molecule has 0 atom stereocenters. The Morgan fingerprint density at radius 2 is 1.96 bits per heavy atom. The predicted octanol–water partition coefficient (Wildman–Crippen LogP) is 3.37. The maximum absolute atomic E-state index is 12.4. The third-order valence-corrected chi connectivity index (χ3v) is 4.67. The number of amides is 1. The number of hydrogen-bond acceptors (Lipinski definition) is 3. The molecule has 0 fully saturated rings. The molecule has 0 saturated heterocycles. The summed E-state index contributed by atoms with van der Waals surface area (Å²) < 4.78 is 5.78. The van der Waals surface area contributed by atoms with Crippen molar-refractivity contribution in [1.29, 1.82) is 0 Å². The van der Waals surface area contributed by atoms with E-state index >= 15 is 0 Å². The molecule has 3 aromatic rings. The molecule has 0 bridgehead atoms. The van der Waals surface area contributed by atoms with Crippen LogP contribution in [-0.4, -0.2) is 29.3 Å². The summed E-state index contributed by atoms with van der Waals surface area (Å²) >= 11 is 0. The Bertz CT molecular complexity index is 903.